The second-order valence-electron chi connectivity index (χ2n) is 7.68. The molecule has 0 aliphatic carbocycles. The average Bonchev–Trinajstić information content (AvgIpc) is 3.32. The van der Waals surface area contributed by atoms with Gasteiger partial charge in [-0.1, -0.05) is 25.2 Å². The lowest BCUT2D eigenvalue weighted by atomic mass is 10.0. The fourth-order valence-corrected chi connectivity index (χ4v) is 4.25. The molecule has 3 aromatic heterocycles. The number of fused-ring (bicyclic) bond motifs is 1. The van der Waals surface area contributed by atoms with Gasteiger partial charge < -0.3 is 15.2 Å². The van der Waals surface area contributed by atoms with Crippen LogP contribution in [0.3, 0.4) is 0 Å². The van der Waals surface area contributed by atoms with Gasteiger partial charge >= 0.3 is 0 Å². The second-order valence-corrected chi connectivity index (χ2v) is 8.71. The van der Waals surface area contributed by atoms with Crippen LogP contribution in [0.5, 0.6) is 11.5 Å². The van der Waals surface area contributed by atoms with Crippen LogP contribution in [0, 0.1) is 5.92 Å². The van der Waals surface area contributed by atoms with Crippen LogP contribution in [-0.2, 0) is 7.05 Å². The first-order chi connectivity index (χ1) is 14.5. The van der Waals surface area contributed by atoms with Crippen molar-refractivity contribution in [3.05, 3.63) is 48.9 Å². The molecule has 0 aliphatic heterocycles. The number of thiazole rings is 1. The lowest BCUT2D eigenvalue weighted by Gasteiger charge is -2.17. The minimum Gasteiger partial charge on any atom is -0.457 e. The van der Waals surface area contributed by atoms with E-state index >= 15 is 0 Å². The van der Waals surface area contributed by atoms with Crippen molar-refractivity contribution < 1.29 is 9.84 Å². The lowest BCUT2D eigenvalue weighted by Crippen LogP contribution is -2.25. The van der Waals surface area contributed by atoms with E-state index in [-0.39, 0.29) is 12.6 Å². The molecule has 3 heterocycles. The number of aromatic nitrogens is 4. The lowest BCUT2D eigenvalue weighted by molar-refractivity contribution is 0.259. The highest BCUT2D eigenvalue weighted by Gasteiger charge is 2.13. The zero-order valence-electron chi connectivity index (χ0n) is 17.2. The molecule has 1 unspecified atom stereocenters. The third-order valence-corrected chi connectivity index (χ3v) is 5.58. The van der Waals surface area contributed by atoms with Crippen LogP contribution in [0.15, 0.2) is 48.9 Å². The molecule has 156 valence electrons. The molecular formula is C22H25N5O2S. The number of nitrogens with one attached hydrogen (secondary N) is 1. The number of rotatable bonds is 8. The number of aliphatic hydroxyl groups is 1. The first kappa shape index (κ1) is 20.3. The van der Waals surface area contributed by atoms with Gasteiger partial charge in [0.15, 0.2) is 5.13 Å². The van der Waals surface area contributed by atoms with Gasteiger partial charge in [-0.3, -0.25) is 9.67 Å². The summed E-state index contributed by atoms with van der Waals surface area (Å²) in [5, 5.41) is 18.0. The summed E-state index contributed by atoms with van der Waals surface area (Å²) in [7, 11) is 1.88. The monoisotopic (exact) mass is 423 g/mol. The fraction of sp³-hybridized carbons (Fsp3) is 0.318. The molecule has 2 N–H and O–H groups in total. The number of ether oxygens (including phenoxy) is 1. The highest BCUT2D eigenvalue weighted by Crippen LogP contribution is 2.32. The normalized spacial score (nSPS) is 12.4. The molecule has 30 heavy (non-hydrogen) atoms. The summed E-state index contributed by atoms with van der Waals surface area (Å²) in [5.74, 6) is 1.95. The van der Waals surface area contributed by atoms with Crippen molar-refractivity contribution in [3.8, 4) is 22.8 Å². The van der Waals surface area contributed by atoms with Gasteiger partial charge in [0, 0.05) is 37.1 Å². The Hall–Kier alpha value is -2.97. The summed E-state index contributed by atoms with van der Waals surface area (Å²) in [6.07, 6.45) is 6.32. The zero-order valence-corrected chi connectivity index (χ0v) is 18.1. The number of nitrogens with zero attached hydrogens (tertiary/aromatic N) is 4. The molecule has 0 saturated heterocycles. The topological polar surface area (TPSA) is 85.1 Å². The van der Waals surface area contributed by atoms with Crippen molar-refractivity contribution in [3.63, 3.8) is 0 Å². The maximum absolute atomic E-state index is 9.61. The van der Waals surface area contributed by atoms with Crippen LogP contribution in [0.2, 0.25) is 0 Å². The number of anilines is 1. The first-order valence-electron chi connectivity index (χ1n) is 9.91. The Bertz CT molecular complexity index is 1140. The van der Waals surface area contributed by atoms with Crippen molar-refractivity contribution >= 4 is 26.7 Å². The van der Waals surface area contributed by atoms with E-state index in [0.717, 1.165) is 38.8 Å². The minimum absolute atomic E-state index is 0.00370. The second kappa shape index (κ2) is 8.81. The van der Waals surface area contributed by atoms with Crippen molar-refractivity contribution in [2.24, 2.45) is 13.0 Å². The number of hydrogen-bond donors (Lipinski definition) is 2. The Morgan fingerprint density at radius 2 is 2.03 bits per heavy atom. The van der Waals surface area contributed by atoms with E-state index in [1.165, 1.54) is 0 Å². The highest BCUT2D eigenvalue weighted by atomic mass is 32.1. The predicted molar refractivity (Wildman–Crippen MR) is 120 cm³/mol. The number of benzene rings is 1. The van der Waals surface area contributed by atoms with Crippen molar-refractivity contribution in [1.29, 1.82) is 0 Å². The maximum atomic E-state index is 9.61. The van der Waals surface area contributed by atoms with Crippen LogP contribution in [-0.4, -0.2) is 37.5 Å². The summed E-state index contributed by atoms with van der Waals surface area (Å²) >= 11 is 1.56. The van der Waals surface area contributed by atoms with Crippen LogP contribution in [0.25, 0.3) is 21.5 Å². The van der Waals surface area contributed by atoms with E-state index in [1.807, 2.05) is 43.6 Å². The maximum Gasteiger partial charge on any atom is 0.184 e. The van der Waals surface area contributed by atoms with Crippen LogP contribution < -0.4 is 10.1 Å². The molecule has 0 radical (unpaired) electrons. The van der Waals surface area contributed by atoms with Gasteiger partial charge in [0.2, 0.25) is 0 Å². The molecule has 0 bridgehead atoms. The molecule has 1 aromatic carbocycles. The predicted octanol–water partition coefficient (Wildman–Crippen LogP) is 4.70. The third-order valence-electron chi connectivity index (χ3n) is 4.63. The Kier molecular flexibility index (Phi) is 5.96. The quantitative estimate of drug-likeness (QED) is 0.427. The standard InChI is InChI=1S/C22H25N5O2S/c1-14(2)8-16(13-28)25-22-26-19-5-4-17(10-21(19)30-22)29-18-6-7-23-20(9-18)15-11-24-27(3)12-15/h4-7,9-12,14,16,28H,8,13H2,1-3H3,(H,25,26). The van der Waals surface area contributed by atoms with Gasteiger partial charge in [-0.15, -0.1) is 0 Å². The van der Waals surface area contributed by atoms with Crippen molar-refractivity contribution in [2.45, 2.75) is 26.3 Å². The van der Waals surface area contributed by atoms with E-state index in [4.69, 9.17) is 4.74 Å². The Morgan fingerprint density at radius 3 is 2.77 bits per heavy atom. The van der Waals surface area contributed by atoms with Gasteiger partial charge in [-0.05, 0) is 30.5 Å². The fourth-order valence-electron chi connectivity index (χ4n) is 3.28. The molecule has 0 aliphatic rings. The molecule has 0 saturated carbocycles. The minimum atomic E-state index is 0.00370. The average molecular weight is 424 g/mol. The molecule has 1 atom stereocenters. The highest BCUT2D eigenvalue weighted by molar-refractivity contribution is 7.22. The van der Waals surface area contributed by atoms with Gasteiger partial charge in [0.1, 0.15) is 11.5 Å². The molecule has 4 rings (SSSR count). The van der Waals surface area contributed by atoms with Crippen LogP contribution >= 0.6 is 11.3 Å². The summed E-state index contributed by atoms with van der Waals surface area (Å²) in [6.45, 7) is 4.38. The third kappa shape index (κ3) is 4.77. The molecule has 4 aromatic rings. The van der Waals surface area contributed by atoms with E-state index in [2.05, 4.69) is 34.2 Å². The zero-order chi connectivity index (χ0) is 21.1. The van der Waals surface area contributed by atoms with Crippen molar-refractivity contribution in [2.75, 3.05) is 11.9 Å². The molecule has 8 heteroatoms. The van der Waals surface area contributed by atoms with E-state index in [1.54, 1.807) is 28.4 Å². The summed E-state index contributed by atoms with van der Waals surface area (Å²) in [5.41, 5.74) is 2.66. The largest absolute Gasteiger partial charge is 0.457 e. The Balaban J connectivity index is 1.51. The Labute approximate surface area is 179 Å². The number of pyridine rings is 1. The van der Waals surface area contributed by atoms with Gasteiger partial charge in [-0.2, -0.15) is 5.10 Å². The Morgan fingerprint density at radius 1 is 1.20 bits per heavy atom. The van der Waals surface area contributed by atoms with E-state index in [9.17, 15) is 5.11 Å². The summed E-state index contributed by atoms with van der Waals surface area (Å²) in [4.78, 5) is 9.04. The van der Waals surface area contributed by atoms with Crippen molar-refractivity contribution in [1.82, 2.24) is 19.7 Å². The van der Waals surface area contributed by atoms with Gasteiger partial charge in [0.25, 0.3) is 0 Å². The number of aryl methyl sites for hydroxylation is 1. The summed E-state index contributed by atoms with van der Waals surface area (Å²) < 4.78 is 8.84. The number of aliphatic hydroxyl groups excluding tert-OH is 1. The van der Waals surface area contributed by atoms with E-state index in [0.29, 0.717) is 11.7 Å². The smallest absolute Gasteiger partial charge is 0.184 e. The SMILES string of the molecule is CC(C)CC(CO)Nc1nc2ccc(Oc3ccnc(-c4cnn(C)c4)c3)cc2s1. The van der Waals surface area contributed by atoms with Gasteiger partial charge in [0.05, 0.1) is 34.8 Å². The van der Waals surface area contributed by atoms with Crippen LogP contribution in [0.1, 0.15) is 20.3 Å². The first-order valence-corrected chi connectivity index (χ1v) is 10.7. The van der Waals surface area contributed by atoms with Crippen LogP contribution in [0.4, 0.5) is 5.13 Å². The molecule has 7 nitrogen and oxygen atoms in total. The molecule has 0 amide bonds. The number of hydrogen-bond acceptors (Lipinski definition) is 7. The molecule has 0 fully saturated rings. The molecular weight excluding hydrogens is 398 g/mol. The van der Waals surface area contributed by atoms with Gasteiger partial charge in [-0.25, -0.2) is 4.98 Å². The van der Waals surface area contributed by atoms with E-state index < -0.39 is 0 Å². The summed E-state index contributed by atoms with van der Waals surface area (Å²) in [6, 6.07) is 9.59. The molecule has 0 spiro atoms.